The van der Waals surface area contributed by atoms with Crippen LogP contribution in [0.4, 0.5) is 5.13 Å². The van der Waals surface area contributed by atoms with Crippen LogP contribution in [0.1, 0.15) is 50.5 Å². The fourth-order valence-corrected chi connectivity index (χ4v) is 5.52. The minimum atomic E-state index is -0.706. The molecule has 0 radical (unpaired) electrons. The van der Waals surface area contributed by atoms with Gasteiger partial charge in [0, 0.05) is 35.6 Å². The zero-order chi connectivity index (χ0) is 13.5. The zero-order valence-corrected chi connectivity index (χ0v) is 13.2. The lowest BCUT2D eigenvalue weighted by atomic mass is 10.0. The fourth-order valence-electron chi connectivity index (χ4n) is 2.72. The maximum atomic E-state index is 12.3. The molecule has 0 N–H and O–H groups in total. The van der Waals surface area contributed by atoms with Crippen molar-refractivity contribution in [3.8, 4) is 0 Å². The summed E-state index contributed by atoms with van der Waals surface area (Å²) in [7, 11) is -0.706. The van der Waals surface area contributed by atoms with Crippen LogP contribution < -0.4 is 4.90 Å². The zero-order valence-electron chi connectivity index (χ0n) is 11.6. The minimum absolute atomic E-state index is 0.0519. The van der Waals surface area contributed by atoms with E-state index in [9.17, 15) is 4.21 Å². The summed E-state index contributed by atoms with van der Waals surface area (Å²) in [6.07, 6.45) is 4.49. The van der Waals surface area contributed by atoms with E-state index < -0.39 is 10.8 Å². The SMILES string of the molecule is CCC1(CC)CN(c2nnc(C3CC3)s2)CCS1=O. The Balaban J connectivity index is 1.78. The first kappa shape index (κ1) is 13.5. The van der Waals surface area contributed by atoms with Gasteiger partial charge in [-0.25, -0.2) is 0 Å². The predicted molar refractivity (Wildman–Crippen MR) is 80.4 cm³/mol. The molecule has 0 amide bonds. The van der Waals surface area contributed by atoms with E-state index in [0.717, 1.165) is 36.8 Å². The summed E-state index contributed by atoms with van der Waals surface area (Å²) in [5.74, 6) is 1.44. The van der Waals surface area contributed by atoms with Crippen molar-refractivity contribution in [1.82, 2.24) is 10.2 Å². The van der Waals surface area contributed by atoms with Gasteiger partial charge in [0.05, 0.1) is 4.75 Å². The highest BCUT2D eigenvalue weighted by Gasteiger charge is 2.40. The molecular weight excluding hydrogens is 278 g/mol. The van der Waals surface area contributed by atoms with Crippen LogP contribution in [0.15, 0.2) is 0 Å². The third-order valence-corrected chi connectivity index (χ3v) is 7.80. The number of nitrogens with zero attached hydrogens (tertiary/aromatic N) is 3. The second-order valence-corrected chi connectivity index (χ2v) is 8.51. The standard InChI is InChI=1S/C13H21N3OS2/c1-3-13(4-2)9-16(7-8-19(13)17)12-15-14-11(18-12)10-5-6-10/h10H,3-9H2,1-2H3. The molecule has 2 heterocycles. The minimum Gasteiger partial charge on any atom is -0.344 e. The highest BCUT2D eigenvalue weighted by atomic mass is 32.2. The van der Waals surface area contributed by atoms with E-state index in [1.807, 2.05) is 0 Å². The normalized spacial score (nSPS) is 26.6. The number of rotatable bonds is 4. The molecule has 19 heavy (non-hydrogen) atoms. The number of hydrogen-bond donors (Lipinski definition) is 0. The summed E-state index contributed by atoms with van der Waals surface area (Å²) in [5, 5.41) is 10.9. The Labute approximate surface area is 121 Å². The van der Waals surface area contributed by atoms with Crippen LogP contribution in [0.2, 0.25) is 0 Å². The van der Waals surface area contributed by atoms with Crippen molar-refractivity contribution in [1.29, 1.82) is 0 Å². The van der Waals surface area contributed by atoms with E-state index in [4.69, 9.17) is 0 Å². The Morgan fingerprint density at radius 2 is 2.11 bits per heavy atom. The molecule has 1 saturated heterocycles. The first-order valence-electron chi connectivity index (χ1n) is 7.15. The van der Waals surface area contributed by atoms with Gasteiger partial charge in [0.2, 0.25) is 5.13 Å². The van der Waals surface area contributed by atoms with Gasteiger partial charge in [0.15, 0.2) is 0 Å². The Morgan fingerprint density at radius 3 is 2.74 bits per heavy atom. The van der Waals surface area contributed by atoms with Crippen molar-refractivity contribution >= 4 is 27.3 Å². The predicted octanol–water partition coefficient (Wildman–Crippen LogP) is 2.54. The van der Waals surface area contributed by atoms with E-state index in [0.29, 0.717) is 5.92 Å². The van der Waals surface area contributed by atoms with Gasteiger partial charge in [-0.3, -0.25) is 4.21 Å². The quantitative estimate of drug-likeness (QED) is 0.857. The molecule has 0 spiro atoms. The molecule has 4 nitrogen and oxygen atoms in total. The van der Waals surface area contributed by atoms with Gasteiger partial charge < -0.3 is 4.90 Å². The molecule has 2 aliphatic rings. The average Bonchev–Trinajstić information content (AvgIpc) is 3.18. The van der Waals surface area contributed by atoms with Crippen LogP contribution in [-0.2, 0) is 10.8 Å². The van der Waals surface area contributed by atoms with Crippen LogP contribution >= 0.6 is 11.3 Å². The number of anilines is 1. The molecule has 0 aromatic carbocycles. The molecule has 0 bridgehead atoms. The molecule has 1 unspecified atom stereocenters. The Kier molecular flexibility index (Phi) is 3.64. The third-order valence-electron chi connectivity index (χ3n) is 4.42. The molecular formula is C13H21N3OS2. The van der Waals surface area contributed by atoms with Crippen LogP contribution in [-0.4, -0.2) is 38.0 Å². The van der Waals surface area contributed by atoms with E-state index in [1.165, 1.54) is 17.8 Å². The Hall–Kier alpha value is -0.490. The van der Waals surface area contributed by atoms with E-state index in [2.05, 4.69) is 28.9 Å². The van der Waals surface area contributed by atoms with Crippen molar-refractivity contribution in [2.24, 2.45) is 0 Å². The number of hydrogen-bond acceptors (Lipinski definition) is 5. The van der Waals surface area contributed by atoms with Crippen molar-refractivity contribution in [3.05, 3.63) is 5.01 Å². The lowest BCUT2D eigenvalue weighted by Crippen LogP contribution is -2.53. The molecule has 1 atom stereocenters. The average molecular weight is 299 g/mol. The lowest BCUT2D eigenvalue weighted by Gasteiger charge is -2.40. The molecule has 3 rings (SSSR count). The topological polar surface area (TPSA) is 46.1 Å². The molecule has 1 aliphatic carbocycles. The summed E-state index contributed by atoms with van der Waals surface area (Å²) in [6.45, 7) is 6.03. The van der Waals surface area contributed by atoms with Crippen LogP contribution in [0, 0.1) is 0 Å². The second kappa shape index (κ2) is 5.13. The summed E-state index contributed by atoms with van der Waals surface area (Å²) < 4.78 is 12.3. The van der Waals surface area contributed by atoms with Gasteiger partial charge in [-0.2, -0.15) is 0 Å². The van der Waals surface area contributed by atoms with Gasteiger partial charge >= 0.3 is 0 Å². The largest absolute Gasteiger partial charge is 0.344 e. The van der Waals surface area contributed by atoms with Gasteiger partial charge in [0.25, 0.3) is 0 Å². The van der Waals surface area contributed by atoms with Crippen LogP contribution in [0.25, 0.3) is 0 Å². The Morgan fingerprint density at radius 1 is 1.37 bits per heavy atom. The fraction of sp³-hybridized carbons (Fsp3) is 0.846. The summed E-state index contributed by atoms with van der Waals surface area (Å²) in [4.78, 5) is 2.30. The third kappa shape index (κ3) is 2.44. The van der Waals surface area contributed by atoms with Crippen LogP contribution in [0.5, 0.6) is 0 Å². The van der Waals surface area contributed by atoms with Crippen molar-refractivity contribution < 1.29 is 4.21 Å². The van der Waals surface area contributed by atoms with Gasteiger partial charge in [0.1, 0.15) is 5.01 Å². The lowest BCUT2D eigenvalue weighted by molar-refractivity contribution is 0.495. The van der Waals surface area contributed by atoms with Gasteiger partial charge in [-0.15, -0.1) is 10.2 Å². The van der Waals surface area contributed by atoms with Gasteiger partial charge in [-0.05, 0) is 25.7 Å². The molecule has 1 aromatic rings. The summed E-state index contributed by atoms with van der Waals surface area (Å²) >= 11 is 1.74. The molecule has 1 saturated carbocycles. The Bertz CT molecular complexity index is 480. The highest BCUT2D eigenvalue weighted by Crippen LogP contribution is 2.43. The molecule has 1 aromatic heterocycles. The van der Waals surface area contributed by atoms with Crippen molar-refractivity contribution in [2.75, 3.05) is 23.7 Å². The first-order valence-corrected chi connectivity index (χ1v) is 9.29. The molecule has 106 valence electrons. The monoisotopic (exact) mass is 299 g/mol. The molecule has 2 fully saturated rings. The second-order valence-electron chi connectivity index (χ2n) is 5.56. The van der Waals surface area contributed by atoms with E-state index in [-0.39, 0.29) is 4.75 Å². The maximum absolute atomic E-state index is 12.3. The van der Waals surface area contributed by atoms with Crippen LogP contribution in [0.3, 0.4) is 0 Å². The summed E-state index contributed by atoms with van der Waals surface area (Å²) in [5.41, 5.74) is 0. The van der Waals surface area contributed by atoms with Crippen molar-refractivity contribution in [3.63, 3.8) is 0 Å². The molecule has 1 aliphatic heterocycles. The van der Waals surface area contributed by atoms with E-state index in [1.54, 1.807) is 11.3 Å². The molecule has 6 heteroatoms. The first-order chi connectivity index (χ1) is 9.18. The van der Waals surface area contributed by atoms with Crippen molar-refractivity contribution in [2.45, 2.75) is 50.2 Å². The van der Waals surface area contributed by atoms with E-state index >= 15 is 0 Å². The maximum Gasteiger partial charge on any atom is 0.208 e. The summed E-state index contributed by atoms with van der Waals surface area (Å²) in [6, 6.07) is 0. The number of aromatic nitrogens is 2. The highest BCUT2D eigenvalue weighted by molar-refractivity contribution is 7.86. The smallest absolute Gasteiger partial charge is 0.208 e. The van der Waals surface area contributed by atoms with Gasteiger partial charge in [-0.1, -0.05) is 25.2 Å².